The Balaban J connectivity index is 4.91. The predicted octanol–water partition coefficient (Wildman–Crippen LogP) is 2.63. The minimum absolute atomic E-state index is 0.195. The Hall–Kier alpha value is -1.02. The van der Waals surface area contributed by atoms with Crippen LogP contribution < -0.4 is 0 Å². The molecule has 0 amide bonds. The van der Waals surface area contributed by atoms with E-state index in [1.165, 1.54) is 20.3 Å². The highest BCUT2D eigenvalue weighted by atomic mass is 31.2. The molecule has 1 unspecified atom stereocenters. The van der Waals surface area contributed by atoms with Gasteiger partial charge in [-0.3, -0.25) is 4.79 Å². The maximum Gasteiger partial charge on any atom is 0.316 e. The lowest BCUT2D eigenvalue weighted by atomic mass is 10.1. The van der Waals surface area contributed by atoms with Gasteiger partial charge >= 0.3 is 5.97 Å². The van der Waals surface area contributed by atoms with Crippen molar-refractivity contribution in [3.05, 3.63) is 23.9 Å². The third-order valence-electron chi connectivity index (χ3n) is 2.49. The minimum Gasteiger partial charge on any atom is -0.481 e. The summed E-state index contributed by atoms with van der Waals surface area (Å²) in [6.07, 6.45) is 1.80. The van der Waals surface area contributed by atoms with E-state index in [1.54, 1.807) is 0 Å². The predicted molar refractivity (Wildman–Crippen MR) is 71.7 cm³/mol. The fourth-order valence-corrected chi connectivity index (χ4v) is 2.43. The van der Waals surface area contributed by atoms with Crippen molar-refractivity contribution in [3.63, 3.8) is 0 Å². The second-order valence-corrected chi connectivity index (χ2v) is 9.16. The first-order valence-electron chi connectivity index (χ1n) is 5.25. The van der Waals surface area contributed by atoms with Crippen molar-refractivity contribution in [1.82, 2.24) is 0 Å². The Bertz CT molecular complexity index is 315. The summed E-state index contributed by atoms with van der Waals surface area (Å²) in [4.78, 5) is 11.7. The molecule has 0 aromatic carbocycles. The van der Waals surface area contributed by atoms with Gasteiger partial charge in [-0.25, -0.2) is 0 Å². The topological polar surface area (TPSA) is 55.8 Å². The Morgan fingerprint density at radius 3 is 2.24 bits per heavy atom. The molecule has 0 aliphatic rings. The Labute approximate surface area is 104 Å². The molecule has 0 aromatic heterocycles. The van der Waals surface area contributed by atoms with Gasteiger partial charge in [-0.2, -0.15) is 0 Å². The fraction of sp³-hybridized carbons (Fsp3) is 0.583. The van der Waals surface area contributed by atoms with Gasteiger partial charge < -0.3 is 14.6 Å². The van der Waals surface area contributed by atoms with Crippen molar-refractivity contribution in [2.24, 2.45) is 5.92 Å². The summed E-state index contributed by atoms with van der Waals surface area (Å²) < 4.78 is 9.38. The van der Waals surface area contributed by atoms with E-state index >= 15 is 0 Å². The average Bonchev–Trinajstić information content (AvgIpc) is 2.26. The molecule has 0 saturated carbocycles. The van der Waals surface area contributed by atoms with Crippen LogP contribution in [0.2, 0.25) is 0 Å². The molecule has 0 rings (SSSR count). The molecule has 1 atom stereocenters. The number of rotatable bonds is 6. The third-order valence-corrected chi connectivity index (χ3v) is 4.52. The molecule has 4 nitrogen and oxygen atoms in total. The van der Waals surface area contributed by atoms with Crippen LogP contribution in [0.25, 0.3) is 0 Å². The smallest absolute Gasteiger partial charge is 0.316 e. The van der Waals surface area contributed by atoms with Crippen molar-refractivity contribution in [3.8, 4) is 0 Å². The lowest BCUT2D eigenvalue weighted by Gasteiger charge is -2.21. The van der Waals surface area contributed by atoms with Gasteiger partial charge in [0.15, 0.2) is 0 Å². The van der Waals surface area contributed by atoms with Crippen molar-refractivity contribution >= 4 is 13.2 Å². The summed E-state index contributed by atoms with van der Waals surface area (Å²) in [5, 5.41) is 10.1. The van der Waals surface area contributed by atoms with E-state index in [-0.39, 0.29) is 11.9 Å². The summed E-state index contributed by atoms with van der Waals surface area (Å²) in [6.45, 7) is 10.3. The van der Waals surface area contributed by atoms with Crippen molar-refractivity contribution in [1.29, 1.82) is 0 Å². The van der Waals surface area contributed by atoms with Gasteiger partial charge in [0.2, 0.25) is 0 Å². The molecule has 0 spiro atoms. The summed E-state index contributed by atoms with van der Waals surface area (Å²) in [7, 11) is 1.37. The Morgan fingerprint density at radius 1 is 1.35 bits per heavy atom. The highest BCUT2D eigenvalue weighted by Gasteiger charge is 2.34. The number of hydrogen-bond donors (Lipinski definition) is 1. The summed E-state index contributed by atoms with van der Waals surface area (Å²) in [5.41, 5.74) is 0. The molecule has 0 bridgehead atoms. The maximum atomic E-state index is 11.7. The average molecular weight is 261 g/mol. The van der Waals surface area contributed by atoms with Gasteiger partial charge in [0, 0.05) is 7.26 Å². The molecule has 0 radical (unpaired) electrons. The molecule has 0 aliphatic carbocycles. The molecule has 5 heteroatoms. The summed E-state index contributed by atoms with van der Waals surface area (Å²) >= 11 is 0. The van der Waals surface area contributed by atoms with E-state index < -0.39 is 13.2 Å². The zero-order valence-electron chi connectivity index (χ0n) is 11.2. The molecule has 0 aromatic rings. The zero-order valence-corrected chi connectivity index (χ0v) is 12.1. The van der Waals surface area contributed by atoms with E-state index in [1.807, 2.05) is 0 Å². The second-order valence-electron chi connectivity index (χ2n) is 4.56. The molecule has 0 fully saturated rings. The first-order chi connectivity index (χ1) is 7.73. The Kier molecular flexibility index (Phi) is 6.25. The maximum absolute atomic E-state index is 11.7. The summed E-state index contributed by atoms with van der Waals surface area (Å²) in [6, 6.07) is 0. The van der Waals surface area contributed by atoms with E-state index in [0.717, 1.165) is 5.31 Å². The number of carbonyl (C=O) groups is 1. The van der Waals surface area contributed by atoms with E-state index in [9.17, 15) is 9.90 Å². The quantitative estimate of drug-likeness (QED) is 0.453. The highest BCUT2D eigenvalue weighted by molar-refractivity contribution is 7.77. The molecular weight excluding hydrogens is 239 g/mol. The highest BCUT2D eigenvalue weighted by Crippen LogP contribution is 2.58. The SMILES string of the molecule is C=C(C(C/C=C(\O)OC)C(=O)OC)[P+](C)(C)C. The number of esters is 1. The second kappa shape index (κ2) is 6.65. The van der Waals surface area contributed by atoms with Crippen LogP contribution in [0, 0.1) is 5.92 Å². The number of ether oxygens (including phenoxy) is 2. The van der Waals surface area contributed by atoms with Crippen LogP contribution >= 0.6 is 7.26 Å². The van der Waals surface area contributed by atoms with Crippen LogP contribution in [0.5, 0.6) is 0 Å². The number of aliphatic hydroxyl groups excluding tert-OH is 1. The molecule has 0 aliphatic heterocycles. The van der Waals surface area contributed by atoms with Gasteiger partial charge in [-0.15, -0.1) is 0 Å². The molecule has 1 N–H and O–H groups in total. The van der Waals surface area contributed by atoms with Crippen LogP contribution in [0.15, 0.2) is 23.9 Å². The van der Waals surface area contributed by atoms with Crippen LogP contribution in [-0.4, -0.2) is 45.3 Å². The van der Waals surface area contributed by atoms with Gasteiger partial charge in [0.25, 0.3) is 5.95 Å². The molecular formula is C12H22O4P+. The first kappa shape index (κ1) is 16.0. The van der Waals surface area contributed by atoms with Crippen LogP contribution in [0.4, 0.5) is 0 Å². The zero-order chi connectivity index (χ0) is 13.6. The number of methoxy groups -OCH3 is 2. The van der Waals surface area contributed by atoms with Crippen LogP contribution in [0.3, 0.4) is 0 Å². The minimum atomic E-state index is -1.35. The number of allylic oxidation sites excluding steroid dienone is 1. The first-order valence-corrected chi connectivity index (χ1v) is 8.38. The van der Waals surface area contributed by atoms with Crippen LogP contribution in [0.1, 0.15) is 6.42 Å². The monoisotopic (exact) mass is 261 g/mol. The third kappa shape index (κ3) is 5.22. The van der Waals surface area contributed by atoms with Gasteiger partial charge in [0.1, 0.15) is 5.92 Å². The van der Waals surface area contributed by atoms with Gasteiger partial charge in [0.05, 0.1) is 39.5 Å². The van der Waals surface area contributed by atoms with Crippen molar-refractivity contribution < 1.29 is 19.4 Å². The van der Waals surface area contributed by atoms with Gasteiger partial charge in [-0.05, 0) is 12.5 Å². The van der Waals surface area contributed by atoms with E-state index in [2.05, 4.69) is 31.3 Å². The largest absolute Gasteiger partial charge is 0.481 e. The van der Waals surface area contributed by atoms with E-state index in [4.69, 9.17) is 4.74 Å². The fourth-order valence-electron chi connectivity index (χ4n) is 1.28. The lowest BCUT2D eigenvalue weighted by Crippen LogP contribution is -2.19. The lowest BCUT2D eigenvalue weighted by molar-refractivity contribution is -0.143. The van der Waals surface area contributed by atoms with Crippen LogP contribution in [-0.2, 0) is 14.3 Å². The molecule has 98 valence electrons. The number of hydrogen-bond acceptors (Lipinski definition) is 4. The summed E-state index contributed by atoms with van der Waals surface area (Å²) in [5.74, 6) is -0.949. The van der Waals surface area contributed by atoms with Crippen molar-refractivity contribution in [2.75, 3.05) is 34.2 Å². The van der Waals surface area contributed by atoms with E-state index in [0.29, 0.717) is 6.42 Å². The molecule has 17 heavy (non-hydrogen) atoms. The normalized spacial score (nSPS) is 14.1. The standard InChI is InChI=1S/C12H21O4P/c1-9(17(4,5)6)10(12(14)16-3)7-8-11(13)15-2/h8,10H,1,7H2,2-6H3/p+1/b11-8+. The number of carbonyl (C=O) groups excluding carboxylic acids is 1. The molecule has 0 saturated heterocycles. The van der Waals surface area contributed by atoms with Gasteiger partial charge in [-0.1, -0.05) is 6.58 Å². The van der Waals surface area contributed by atoms with Crippen molar-refractivity contribution in [2.45, 2.75) is 6.42 Å². The molecule has 0 heterocycles. The Morgan fingerprint density at radius 2 is 1.88 bits per heavy atom. The number of aliphatic hydroxyl groups is 1.